The third kappa shape index (κ3) is 3.44. The molecule has 0 bridgehead atoms. The maximum atomic E-state index is 12.6. The summed E-state index contributed by atoms with van der Waals surface area (Å²) in [5, 5.41) is 0. The third-order valence-electron chi connectivity index (χ3n) is 5.04. The number of nitrogens with zero attached hydrogens (tertiary/aromatic N) is 2. The van der Waals surface area contributed by atoms with Crippen LogP contribution in [-0.4, -0.2) is 41.4 Å². The van der Waals surface area contributed by atoms with Crippen molar-refractivity contribution in [1.29, 1.82) is 0 Å². The summed E-state index contributed by atoms with van der Waals surface area (Å²) in [4.78, 5) is 17.0. The molecule has 0 N–H and O–H groups in total. The number of carbonyl (C=O) groups is 1. The van der Waals surface area contributed by atoms with Crippen molar-refractivity contribution in [2.24, 2.45) is 0 Å². The van der Waals surface area contributed by atoms with Gasteiger partial charge in [0, 0.05) is 36.5 Å². The lowest BCUT2D eigenvalue weighted by molar-refractivity contribution is -0.121. The Kier molecular flexibility index (Phi) is 5.23. The summed E-state index contributed by atoms with van der Waals surface area (Å²) in [5.41, 5.74) is 4.27. The van der Waals surface area contributed by atoms with E-state index in [1.807, 2.05) is 12.1 Å². The Morgan fingerprint density at radius 1 is 1.37 bits per heavy atom. The zero-order chi connectivity index (χ0) is 19.9. The van der Waals surface area contributed by atoms with Gasteiger partial charge in [-0.15, -0.1) is 6.58 Å². The summed E-state index contributed by atoms with van der Waals surface area (Å²) in [6.45, 7) is 10.6. The van der Waals surface area contributed by atoms with Crippen molar-refractivity contribution in [2.75, 3.05) is 25.6 Å². The van der Waals surface area contributed by atoms with E-state index in [0.29, 0.717) is 15.8 Å². The van der Waals surface area contributed by atoms with Crippen molar-refractivity contribution in [1.82, 2.24) is 4.90 Å². The highest BCUT2D eigenvalue weighted by atomic mass is 32.2. The lowest BCUT2D eigenvalue weighted by atomic mass is 9.88. The highest BCUT2D eigenvalue weighted by Gasteiger charge is 2.32. The number of ether oxygens (including phenoxy) is 1. The maximum Gasteiger partial charge on any atom is 0.266 e. The molecule has 1 fully saturated rings. The number of thioether (sulfide) groups is 1. The van der Waals surface area contributed by atoms with E-state index in [-0.39, 0.29) is 11.4 Å². The molecule has 0 aromatic heterocycles. The number of carbonyl (C=O) groups excluding carboxylic acids is 1. The van der Waals surface area contributed by atoms with E-state index in [4.69, 9.17) is 17.0 Å². The number of amides is 1. The molecule has 2 heterocycles. The number of hydrogen-bond donors (Lipinski definition) is 0. The number of allylic oxidation sites excluding steroid dienone is 1. The number of fused-ring (bicyclic) bond motifs is 1. The van der Waals surface area contributed by atoms with Gasteiger partial charge in [0.25, 0.3) is 5.91 Å². The lowest BCUT2D eigenvalue weighted by Gasteiger charge is -2.41. The Hall–Kier alpha value is -2.05. The normalized spacial score (nSPS) is 20.0. The second-order valence-electron chi connectivity index (χ2n) is 7.23. The predicted molar refractivity (Wildman–Crippen MR) is 119 cm³/mol. The van der Waals surface area contributed by atoms with Crippen LogP contribution >= 0.6 is 24.0 Å². The Morgan fingerprint density at radius 2 is 2.07 bits per heavy atom. The number of methoxy groups -OCH3 is 1. The fourth-order valence-corrected chi connectivity index (χ4v) is 4.68. The van der Waals surface area contributed by atoms with Crippen molar-refractivity contribution in [3.8, 4) is 5.75 Å². The Morgan fingerprint density at radius 3 is 2.70 bits per heavy atom. The van der Waals surface area contributed by atoms with Crippen LogP contribution in [0.15, 0.2) is 35.8 Å². The molecule has 0 atom stereocenters. The van der Waals surface area contributed by atoms with Crippen molar-refractivity contribution in [2.45, 2.75) is 26.3 Å². The van der Waals surface area contributed by atoms with Crippen LogP contribution in [0.25, 0.3) is 11.6 Å². The van der Waals surface area contributed by atoms with Gasteiger partial charge in [-0.3, -0.25) is 9.69 Å². The first-order valence-electron chi connectivity index (χ1n) is 8.71. The topological polar surface area (TPSA) is 32.8 Å². The van der Waals surface area contributed by atoms with Gasteiger partial charge in [-0.2, -0.15) is 0 Å². The van der Waals surface area contributed by atoms with Gasteiger partial charge in [0.2, 0.25) is 0 Å². The van der Waals surface area contributed by atoms with Gasteiger partial charge in [-0.05, 0) is 38.5 Å². The van der Waals surface area contributed by atoms with Crippen molar-refractivity contribution in [3.63, 3.8) is 0 Å². The maximum absolute atomic E-state index is 12.6. The van der Waals surface area contributed by atoms with Crippen LogP contribution in [-0.2, 0) is 4.79 Å². The minimum absolute atomic E-state index is 0.0727. The summed E-state index contributed by atoms with van der Waals surface area (Å²) in [6.07, 6.45) is 5.81. The zero-order valence-electron chi connectivity index (χ0n) is 16.3. The number of likely N-dealkylation sites (N-methyl/N-ethyl adjacent to an activating group) is 1. The standard InChI is InChI=1S/C21H24N2O2S2/c1-7-8-23-19(24)18(27-20(23)26)10-14-9-15-13(2)12-21(3,4)22(5)16(15)11-17(14)25-6/h7,9-12H,1,8H2,2-6H3/b18-10+. The summed E-state index contributed by atoms with van der Waals surface area (Å²) in [7, 11) is 3.74. The Labute approximate surface area is 170 Å². The van der Waals surface area contributed by atoms with Crippen LogP contribution < -0.4 is 9.64 Å². The second-order valence-corrected chi connectivity index (χ2v) is 8.91. The molecule has 1 amide bonds. The minimum Gasteiger partial charge on any atom is -0.496 e. The number of rotatable bonds is 4. The van der Waals surface area contributed by atoms with E-state index < -0.39 is 0 Å². The second kappa shape index (κ2) is 7.17. The van der Waals surface area contributed by atoms with Crippen LogP contribution in [0.1, 0.15) is 31.9 Å². The predicted octanol–water partition coefficient (Wildman–Crippen LogP) is 4.71. The number of benzene rings is 1. The van der Waals surface area contributed by atoms with Crippen LogP contribution in [0.2, 0.25) is 0 Å². The van der Waals surface area contributed by atoms with E-state index in [1.165, 1.54) is 17.3 Å². The lowest BCUT2D eigenvalue weighted by Crippen LogP contribution is -2.42. The van der Waals surface area contributed by atoms with E-state index in [0.717, 1.165) is 22.6 Å². The molecule has 1 aromatic carbocycles. The van der Waals surface area contributed by atoms with Gasteiger partial charge < -0.3 is 9.64 Å². The average Bonchev–Trinajstić information content (AvgIpc) is 2.87. The molecule has 3 rings (SSSR count). The summed E-state index contributed by atoms with van der Waals surface area (Å²) in [5.74, 6) is 0.648. The van der Waals surface area contributed by atoms with Gasteiger partial charge in [0.1, 0.15) is 10.1 Å². The quantitative estimate of drug-likeness (QED) is 0.415. The number of anilines is 1. The number of thiocarbonyl (C=S) groups is 1. The van der Waals surface area contributed by atoms with Gasteiger partial charge in [0.05, 0.1) is 17.6 Å². The molecule has 27 heavy (non-hydrogen) atoms. The molecule has 0 spiro atoms. The SMILES string of the molecule is C=CCN1C(=O)/C(=C\c2cc3c(cc2OC)N(C)C(C)(C)C=C3C)SC1=S. The Bertz CT molecular complexity index is 900. The first-order chi connectivity index (χ1) is 12.7. The van der Waals surface area contributed by atoms with E-state index in [9.17, 15) is 4.79 Å². The van der Waals surface area contributed by atoms with Crippen LogP contribution in [0.3, 0.4) is 0 Å². The van der Waals surface area contributed by atoms with Crippen LogP contribution in [0.4, 0.5) is 5.69 Å². The molecule has 6 heteroatoms. The first kappa shape index (κ1) is 19.7. The fraction of sp³-hybridized carbons (Fsp3) is 0.333. The monoisotopic (exact) mass is 400 g/mol. The average molecular weight is 401 g/mol. The van der Waals surface area contributed by atoms with E-state index in [2.05, 4.69) is 51.4 Å². The molecular weight excluding hydrogens is 376 g/mol. The van der Waals surface area contributed by atoms with E-state index >= 15 is 0 Å². The minimum atomic E-state index is -0.0878. The van der Waals surface area contributed by atoms with Crippen LogP contribution in [0.5, 0.6) is 5.75 Å². The van der Waals surface area contributed by atoms with Crippen molar-refractivity contribution >= 4 is 51.5 Å². The number of hydrogen-bond acceptors (Lipinski definition) is 5. The summed E-state index contributed by atoms with van der Waals surface area (Å²) in [6, 6.07) is 4.13. The molecule has 1 aromatic rings. The molecule has 0 aliphatic carbocycles. The third-order valence-corrected chi connectivity index (χ3v) is 6.42. The van der Waals surface area contributed by atoms with Gasteiger partial charge >= 0.3 is 0 Å². The van der Waals surface area contributed by atoms with Gasteiger partial charge in [0.15, 0.2) is 0 Å². The van der Waals surface area contributed by atoms with Gasteiger partial charge in [-0.1, -0.05) is 36.1 Å². The summed E-state index contributed by atoms with van der Waals surface area (Å²) >= 11 is 6.64. The molecule has 1 saturated heterocycles. The van der Waals surface area contributed by atoms with E-state index in [1.54, 1.807) is 18.1 Å². The highest BCUT2D eigenvalue weighted by molar-refractivity contribution is 8.26. The van der Waals surface area contributed by atoms with Crippen LogP contribution in [0, 0.1) is 0 Å². The Balaban J connectivity index is 2.08. The molecule has 0 radical (unpaired) electrons. The highest BCUT2D eigenvalue weighted by Crippen LogP contribution is 2.42. The van der Waals surface area contributed by atoms with Crippen molar-refractivity contribution in [3.05, 3.63) is 46.9 Å². The van der Waals surface area contributed by atoms with Crippen molar-refractivity contribution < 1.29 is 9.53 Å². The zero-order valence-corrected chi connectivity index (χ0v) is 18.0. The van der Waals surface area contributed by atoms with Gasteiger partial charge in [-0.25, -0.2) is 0 Å². The molecular formula is C21H24N2O2S2. The fourth-order valence-electron chi connectivity index (χ4n) is 3.41. The molecule has 142 valence electrons. The summed E-state index contributed by atoms with van der Waals surface area (Å²) < 4.78 is 6.19. The first-order valence-corrected chi connectivity index (χ1v) is 9.94. The molecule has 2 aliphatic heterocycles. The largest absolute Gasteiger partial charge is 0.496 e. The molecule has 0 unspecified atom stereocenters. The molecule has 2 aliphatic rings. The molecule has 0 saturated carbocycles. The smallest absolute Gasteiger partial charge is 0.266 e. The molecule has 4 nitrogen and oxygen atoms in total.